The minimum atomic E-state index is -3.45. The van der Waals surface area contributed by atoms with Crippen LogP contribution >= 0.6 is 11.6 Å². The van der Waals surface area contributed by atoms with Gasteiger partial charge in [-0.3, -0.25) is 0 Å². The fourth-order valence-corrected chi connectivity index (χ4v) is 2.45. The van der Waals surface area contributed by atoms with E-state index in [1.807, 2.05) is 0 Å². The van der Waals surface area contributed by atoms with Crippen LogP contribution in [0.4, 0.5) is 0 Å². The number of hydrogen-bond acceptors (Lipinski definition) is 3. The number of rotatable bonds is 6. The largest absolute Gasteiger partial charge is 0.243 e. The molecule has 0 aromatic carbocycles. The van der Waals surface area contributed by atoms with Crippen molar-refractivity contribution in [1.82, 2.24) is 9.71 Å². The molecule has 0 atom stereocenters. The van der Waals surface area contributed by atoms with Crippen LogP contribution < -0.4 is 4.72 Å². The third-order valence-electron chi connectivity index (χ3n) is 2.26. The van der Waals surface area contributed by atoms with E-state index in [4.69, 9.17) is 11.6 Å². The van der Waals surface area contributed by atoms with Crippen LogP contribution in [-0.2, 0) is 10.0 Å². The standard InChI is InChI=1S/C11H17ClN2O2S/c1-9(2)4-3-7-14-17(15,16)10-5-6-11(12)13-8-10/h5-6,8-9,14H,3-4,7H2,1-2H3. The Kier molecular flexibility index (Phi) is 5.36. The molecule has 0 aliphatic rings. The molecule has 0 spiro atoms. The third kappa shape index (κ3) is 5.02. The molecule has 0 radical (unpaired) electrons. The molecular formula is C11H17ClN2O2S. The molecule has 1 rings (SSSR count). The fraction of sp³-hybridized carbons (Fsp3) is 0.545. The van der Waals surface area contributed by atoms with Crippen LogP contribution in [0.5, 0.6) is 0 Å². The lowest BCUT2D eigenvalue weighted by Gasteiger charge is -2.07. The number of pyridine rings is 1. The normalized spacial score (nSPS) is 12.0. The maximum absolute atomic E-state index is 11.8. The Labute approximate surface area is 107 Å². The van der Waals surface area contributed by atoms with Gasteiger partial charge in [0.15, 0.2) is 0 Å². The van der Waals surface area contributed by atoms with E-state index in [0.717, 1.165) is 12.8 Å². The molecule has 1 aromatic rings. The molecule has 4 nitrogen and oxygen atoms in total. The van der Waals surface area contributed by atoms with Crippen molar-refractivity contribution in [2.45, 2.75) is 31.6 Å². The summed E-state index contributed by atoms with van der Waals surface area (Å²) in [6.07, 6.45) is 3.09. The van der Waals surface area contributed by atoms with Crippen molar-refractivity contribution in [3.05, 3.63) is 23.5 Å². The highest BCUT2D eigenvalue weighted by Crippen LogP contribution is 2.11. The summed E-state index contributed by atoms with van der Waals surface area (Å²) in [5.74, 6) is 0.580. The van der Waals surface area contributed by atoms with Crippen LogP contribution in [-0.4, -0.2) is 19.9 Å². The Bertz CT molecular complexity index is 443. The lowest BCUT2D eigenvalue weighted by Crippen LogP contribution is -2.25. The zero-order chi connectivity index (χ0) is 12.9. The molecule has 0 unspecified atom stereocenters. The molecule has 0 fully saturated rings. The Balaban J connectivity index is 2.54. The van der Waals surface area contributed by atoms with Crippen LogP contribution in [0.2, 0.25) is 5.15 Å². The first kappa shape index (κ1) is 14.4. The van der Waals surface area contributed by atoms with Gasteiger partial charge in [0.1, 0.15) is 10.0 Å². The first-order valence-corrected chi connectivity index (χ1v) is 7.39. The molecule has 0 amide bonds. The first-order chi connectivity index (χ1) is 7.92. The summed E-state index contributed by atoms with van der Waals surface area (Å²) < 4.78 is 26.1. The van der Waals surface area contributed by atoms with Gasteiger partial charge in [0, 0.05) is 12.7 Å². The van der Waals surface area contributed by atoms with Crippen molar-refractivity contribution < 1.29 is 8.42 Å². The van der Waals surface area contributed by atoms with Gasteiger partial charge in [0.2, 0.25) is 10.0 Å². The minimum Gasteiger partial charge on any atom is -0.243 e. The molecule has 1 heterocycles. The van der Waals surface area contributed by atoms with Gasteiger partial charge in [-0.2, -0.15) is 0 Å². The fourth-order valence-electron chi connectivity index (χ4n) is 1.32. The number of sulfonamides is 1. The highest BCUT2D eigenvalue weighted by atomic mass is 35.5. The molecular weight excluding hydrogens is 260 g/mol. The van der Waals surface area contributed by atoms with Gasteiger partial charge in [-0.1, -0.05) is 25.4 Å². The van der Waals surface area contributed by atoms with Gasteiger partial charge in [-0.25, -0.2) is 18.1 Å². The average Bonchev–Trinajstić information content (AvgIpc) is 2.25. The van der Waals surface area contributed by atoms with Gasteiger partial charge in [0.05, 0.1) is 0 Å². The van der Waals surface area contributed by atoms with Crippen molar-refractivity contribution in [2.24, 2.45) is 5.92 Å². The van der Waals surface area contributed by atoms with Gasteiger partial charge < -0.3 is 0 Å². The van der Waals surface area contributed by atoms with E-state index in [0.29, 0.717) is 12.5 Å². The van der Waals surface area contributed by atoms with Crippen LogP contribution in [0.25, 0.3) is 0 Å². The Morgan fingerprint density at radius 3 is 2.65 bits per heavy atom. The number of nitrogens with one attached hydrogen (secondary N) is 1. The van der Waals surface area contributed by atoms with Gasteiger partial charge >= 0.3 is 0 Å². The Morgan fingerprint density at radius 1 is 1.41 bits per heavy atom. The summed E-state index contributed by atoms with van der Waals surface area (Å²) in [5, 5.41) is 0.281. The van der Waals surface area contributed by atoms with Crippen molar-refractivity contribution in [3.63, 3.8) is 0 Å². The molecule has 1 aromatic heterocycles. The summed E-state index contributed by atoms with van der Waals surface area (Å²) >= 11 is 5.60. The van der Waals surface area contributed by atoms with Crippen LogP contribution in [0, 0.1) is 5.92 Å². The maximum Gasteiger partial charge on any atom is 0.242 e. The van der Waals surface area contributed by atoms with E-state index in [1.54, 1.807) is 0 Å². The molecule has 0 saturated heterocycles. The predicted octanol–water partition coefficient (Wildman–Crippen LogP) is 2.45. The molecule has 6 heteroatoms. The lowest BCUT2D eigenvalue weighted by atomic mass is 10.1. The molecule has 17 heavy (non-hydrogen) atoms. The molecule has 0 aliphatic carbocycles. The van der Waals surface area contributed by atoms with Gasteiger partial charge in [-0.05, 0) is 30.9 Å². The average molecular weight is 277 g/mol. The monoisotopic (exact) mass is 276 g/mol. The lowest BCUT2D eigenvalue weighted by molar-refractivity contribution is 0.539. The van der Waals surface area contributed by atoms with Crippen molar-refractivity contribution in [3.8, 4) is 0 Å². The smallest absolute Gasteiger partial charge is 0.242 e. The number of aromatic nitrogens is 1. The summed E-state index contributed by atoms with van der Waals surface area (Å²) in [5.41, 5.74) is 0. The number of nitrogens with zero attached hydrogens (tertiary/aromatic N) is 1. The van der Waals surface area contributed by atoms with Crippen molar-refractivity contribution >= 4 is 21.6 Å². The predicted molar refractivity (Wildman–Crippen MR) is 68.5 cm³/mol. The molecule has 0 aliphatic heterocycles. The van der Waals surface area contributed by atoms with Crippen LogP contribution in [0.1, 0.15) is 26.7 Å². The Hall–Kier alpha value is -0.650. The second-order valence-electron chi connectivity index (χ2n) is 4.25. The van der Waals surface area contributed by atoms with Crippen LogP contribution in [0.3, 0.4) is 0 Å². The van der Waals surface area contributed by atoms with E-state index in [9.17, 15) is 8.42 Å². The Morgan fingerprint density at radius 2 is 2.12 bits per heavy atom. The summed E-state index contributed by atoms with van der Waals surface area (Å²) in [6, 6.07) is 2.91. The maximum atomic E-state index is 11.8. The SMILES string of the molecule is CC(C)CCCNS(=O)(=O)c1ccc(Cl)nc1. The van der Waals surface area contributed by atoms with Crippen molar-refractivity contribution in [2.75, 3.05) is 6.54 Å². The van der Waals surface area contributed by atoms with Gasteiger partial charge in [0.25, 0.3) is 0 Å². The molecule has 1 N–H and O–H groups in total. The minimum absolute atomic E-state index is 0.145. The summed E-state index contributed by atoms with van der Waals surface area (Å²) in [6.45, 7) is 4.67. The molecule has 0 bridgehead atoms. The number of hydrogen-bond donors (Lipinski definition) is 1. The first-order valence-electron chi connectivity index (χ1n) is 5.53. The number of halogens is 1. The van der Waals surface area contributed by atoms with E-state index >= 15 is 0 Å². The highest BCUT2D eigenvalue weighted by Gasteiger charge is 2.13. The molecule has 0 saturated carbocycles. The topological polar surface area (TPSA) is 59.1 Å². The summed E-state index contributed by atoms with van der Waals surface area (Å²) in [7, 11) is -3.45. The molecule has 96 valence electrons. The van der Waals surface area contributed by atoms with E-state index in [1.165, 1.54) is 18.3 Å². The summed E-state index contributed by atoms with van der Waals surface area (Å²) in [4.78, 5) is 3.89. The van der Waals surface area contributed by atoms with Crippen molar-refractivity contribution in [1.29, 1.82) is 0 Å². The second-order valence-corrected chi connectivity index (χ2v) is 6.40. The van der Waals surface area contributed by atoms with Gasteiger partial charge in [-0.15, -0.1) is 0 Å². The second kappa shape index (κ2) is 6.33. The third-order valence-corrected chi connectivity index (χ3v) is 3.93. The van der Waals surface area contributed by atoms with Crippen LogP contribution in [0.15, 0.2) is 23.2 Å². The van der Waals surface area contributed by atoms with E-state index < -0.39 is 10.0 Å². The zero-order valence-electron chi connectivity index (χ0n) is 9.98. The quantitative estimate of drug-likeness (QED) is 0.641. The zero-order valence-corrected chi connectivity index (χ0v) is 11.6. The van der Waals surface area contributed by atoms with E-state index in [-0.39, 0.29) is 10.0 Å². The highest BCUT2D eigenvalue weighted by molar-refractivity contribution is 7.89. The van der Waals surface area contributed by atoms with E-state index in [2.05, 4.69) is 23.6 Å².